The molecule has 0 radical (unpaired) electrons. The second-order valence-corrected chi connectivity index (χ2v) is 5.51. The van der Waals surface area contributed by atoms with Crippen molar-refractivity contribution in [3.63, 3.8) is 0 Å². The number of nitrogens with zero attached hydrogens (tertiary/aromatic N) is 1. The summed E-state index contributed by atoms with van der Waals surface area (Å²) in [5.41, 5.74) is 6.88. The monoisotopic (exact) mass is 262 g/mol. The lowest BCUT2D eigenvalue weighted by atomic mass is 10.0. The summed E-state index contributed by atoms with van der Waals surface area (Å²) in [7, 11) is 0. The first-order valence-electron chi connectivity index (χ1n) is 6.19. The molecule has 2 rings (SSSR count). The Morgan fingerprint density at radius 2 is 1.95 bits per heavy atom. The Labute approximate surface area is 112 Å². The van der Waals surface area contributed by atoms with E-state index in [0.29, 0.717) is 5.56 Å². The van der Waals surface area contributed by atoms with E-state index in [1.807, 2.05) is 19.1 Å². The van der Waals surface area contributed by atoms with E-state index in [1.54, 1.807) is 19.1 Å². The van der Waals surface area contributed by atoms with Gasteiger partial charge < -0.3 is 15.7 Å². The number of amides is 1. The molecule has 5 nitrogen and oxygen atoms in total. The summed E-state index contributed by atoms with van der Waals surface area (Å²) in [5, 5.41) is 9.21. The molecule has 1 heterocycles. The van der Waals surface area contributed by atoms with E-state index >= 15 is 0 Å². The zero-order valence-corrected chi connectivity index (χ0v) is 11.1. The zero-order chi connectivity index (χ0) is 14.2. The van der Waals surface area contributed by atoms with E-state index in [1.165, 1.54) is 4.90 Å². The van der Waals surface area contributed by atoms with Crippen LogP contribution in [0.25, 0.3) is 0 Å². The first-order chi connectivity index (χ1) is 8.80. The van der Waals surface area contributed by atoms with E-state index in [4.69, 9.17) is 5.73 Å². The van der Waals surface area contributed by atoms with E-state index < -0.39 is 17.6 Å². The molecule has 0 saturated carbocycles. The van der Waals surface area contributed by atoms with Crippen molar-refractivity contribution in [3.05, 3.63) is 35.4 Å². The summed E-state index contributed by atoms with van der Waals surface area (Å²) in [4.78, 5) is 25.0. The summed E-state index contributed by atoms with van der Waals surface area (Å²) in [6, 6.07) is 6.25. The van der Waals surface area contributed by atoms with Crippen LogP contribution in [0.4, 0.5) is 0 Å². The summed E-state index contributed by atoms with van der Waals surface area (Å²) in [6.07, 6.45) is 0.278. The number of aliphatic carboxylic acids is 1. The maximum absolute atomic E-state index is 12.4. The fourth-order valence-corrected chi connectivity index (χ4v) is 2.41. The number of hydrogen-bond donors (Lipinski definition) is 2. The molecule has 2 atom stereocenters. The van der Waals surface area contributed by atoms with E-state index in [9.17, 15) is 14.7 Å². The Balaban J connectivity index is 2.26. The lowest BCUT2D eigenvalue weighted by molar-refractivity contribution is -0.141. The Morgan fingerprint density at radius 1 is 1.37 bits per heavy atom. The first-order valence-corrected chi connectivity index (χ1v) is 6.19. The molecular weight excluding hydrogens is 244 g/mol. The largest absolute Gasteiger partial charge is 0.480 e. The molecule has 1 aliphatic heterocycles. The van der Waals surface area contributed by atoms with Gasteiger partial charge >= 0.3 is 5.97 Å². The SMILES string of the molecule is Cc1ccc(C(=O)N2C[C@@](C)(N)CC2C(=O)O)cc1. The average Bonchev–Trinajstić information content (AvgIpc) is 2.66. The lowest BCUT2D eigenvalue weighted by Crippen LogP contribution is -2.42. The molecule has 0 aromatic heterocycles. The van der Waals surface area contributed by atoms with Crippen molar-refractivity contribution in [2.75, 3.05) is 6.54 Å². The Bertz CT molecular complexity index is 508. The highest BCUT2D eigenvalue weighted by Crippen LogP contribution is 2.26. The third-order valence-electron chi connectivity index (χ3n) is 3.41. The highest BCUT2D eigenvalue weighted by molar-refractivity contribution is 5.97. The number of benzene rings is 1. The van der Waals surface area contributed by atoms with E-state index in [-0.39, 0.29) is 18.9 Å². The van der Waals surface area contributed by atoms with Gasteiger partial charge in [-0.3, -0.25) is 4.79 Å². The molecule has 19 heavy (non-hydrogen) atoms. The summed E-state index contributed by atoms with van der Waals surface area (Å²) in [5.74, 6) is -1.28. The Hall–Kier alpha value is -1.88. The maximum atomic E-state index is 12.4. The van der Waals surface area contributed by atoms with Gasteiger partial charge in [-0.2, -0.15) is 0 Å². The van der Waals surface area contributed by atoms with Crippen molar-refractivity contribution in [2.24, 2.45) is 5.73 Å². The zero-order valence-electron chi connectivity index (χ0n) is 11.1. The number of carboxylic acids is 1. The van der Waals surface area contributed by atoms with Crippen molar-refractivity contribution in [1.82, 2.24) is 4.90 Å². The van der Waals surface area contributed by atoms with Crippen LogP contribution in [0.3, 0.4) is 0 Å². The summed E-state index contributed by atoms with van der Waals surface area (Å²) in [6.45, 7) is 3.96. The van der Waals surface area contributed by atoms with Gasteiger partial charge in [-0.15, -0.1) is 0 Å². The minimum atomic E-state index is -1.00. The minimum Gasteiger partial charge on any atom is -0.480 e. The van der Waals surface area contributed by atoms with Crippen LogP contribution in [-0.4, -0.2) is 40.0 Å². The van der Waals surface area contributed by atoms with Gasteiger partial charge in [-0.1, -0.05) is 17.7 Å². The molecule has 1 amide bonds. The van der Waals surface area contributed by atoms with Gasteiger partial charge in [0.2, 0.25) is 0 Å². The van der Waals surface area contributed by atoms with Crippen LogP contribution in [0, 0.1) is 6.92 Å². The van der Waals surface area contributed by atoms with Crippen molar-refractivity contribution in [3.8, 4) is 0 Å². The van der Waals surface area contributed by atoms with Crippen LogP contribution in [-0.2, 0) is 4.79 Å². The number of carbonyl (C=O) groups excluding carboxylic acids is 1. The highest BCUT2D eigenvalue weighted by atomic mass is 16.4. The molecule has 3 N–H and O–H groups in total. The minimum absolute atomic E-state index is 0.261. The maximum Gasteiger partial charge on any atom is 0.326 e. The van der Waals surface area contributed by atoms with Gasteiger partial charge in [0.1, 0.15) is 6.04 Å². The standard InChI is InChI=1S/C14H18N2O3/c1-9-3-5-10(6-4-9)12(17)16-8-14(2,15)7-11(16)13(18)19/h3-6,11H,7-8,15H2,1-2H3,(H,18,19)/t11?,14-/m0/s1. The van der Waals surface area contributed by atoms with Gasteiger partial charge in [0.05, 0.1) is 0 Å². The molecule has 102 valence electrons. The molecule has 1 aliphatic rings. The van der Waals surface area contributed by atoms with Gasteiger partial charge in [0.25, 0.3) is 5.91 Å². The van der Waals surface area contributed by atoms with Gasteiger partial charge in [0.15, 0.2) is 0 Å². The first kappa shape index (κ1) is 13.5. The molecule has 0 bridgehead atoms. The number of carboxylic acid groups (broad SMARTS) is 1. The predicted octanol–water partition coefficient (Wildman–Crippen LogP) is 1.01. The number of likely N-dealkylation sites (tertiary alicyclic amines) is 1. The third-order valence-corrected chi connectivity index (χ3v) is 3.41. The van der Waals surface area contributed by atoms with Crippen LogP contribution in [0.1, 0.15) is 29.3 Å². The average molecular weight is 262 g/mol. The van der Waals surface area contributed by atoms with Crippen LogP contribution < -0.4 is 5.73 Å². The van der Waals surface area contributed by atoms with Crippen molar-refractivity contribution in [2.45, 2.75) is 31.8 Å². The number of carbonyl (C=O) groups is 2. The molecule has 1 aromatic rings. The van der Waals surface area contributed by atoms with E-state index in [2.05, 4.69) is 0 Å². The van der Waals surface area contributed by atoms with Crippen molar-refractivity contribution in [1.29, 1.82) is 0 Å². The highest BCUT2D eigenvalue weighted by Gasteiger charge is 2.44. The Kier molecular flexibility index (Phi) is 3.32. The molecule has 1 fully saturated rings. The normalized spacial score (nSPS) is 26.5. The molecule has 1 unspecified atom stereocenters. The fraction of sp³-hybridized carbons (Fsp3) is 0.429. The smallest absolute Gasteiger partial charge is 0.326 e. The van der Waals surface area contributed by atoms with Crippen LogP contribution in [0.2, 0.25) is 0 Å². The number of nitrogens with two attached hydrogens (primary N) is 1. The van der Waals surface area contributed by atoms with Crippen LogP contribution in [0.5, 0.6) is 0 Å². The van der Waals surface area contributed by atoms with E-state index in [0.717, 1.165) is 5.56 Å². The molecule has 5 heteroatoms. The van der Waals surface area contributed by atoms with Gasteiger partial charge in [-0.25, -0.2) is 4.79 Å². The topological polar surface area (TPSA) is 83.6 Å². The summed E-state index contributed by atoms with van der Waals surface area (Å²) < 4.78 is 0. The van der Waals surface area contributed by atoms with Gasteiger partial charge in [0, 0.05) is 17.6 Å². The molecule has 0 aliphatic carbocycles. The second-order valence-electron chi connectivity index (χ2n) is 5.51. The van der Waals surface area contributed by atoms with Crippen LogP contribution in [0.15, 0.2) is 24.3 Å². The van der Waals surface area contributed by atoms with Gasteiger partial charge in [-0.05, 0) is 32.4 Å². The van der Waals surface area contributed by atoms with Crippen LogP contribution >= 0.6 is 0 Å². The second kappa shape index (κ2) is 4.66. The summed E-state index contributed by atoms with van der Waals surface area (Å²) >= 11 is 0. The molecule has 1 aromatic carbocycles. The lowest BCUT2D eigenvalue weighted by Gasteiger charge is -2.22. The number of hydrogen-bond acceptors (Lipinski definition) is 3. The van der Waals surface area contributed by atoms with Crippen molar-refractivity contribution >= 4 is 11.9 Å². The predicted molar refractivity (Wildman–Crippen MR) is 70.8 cm³/mol. The fourth-order valence-electron chi connectivity index (χ4n) is 2.41. The van der Waals surface area contributed by atoms with Crippen molar-refractivity contribution < 1.29 is 14.7 Å². The molecular formula is C14H18N2O3. The number of rotatable bonds is 2. The molecule has 0 spiro atoms. The Morgan fingerprint density at radius 3 is 2.47 bits per heavy atom. The number of aryl methyl sites for hydroxylation is 1. The quantitative estimate of drug-likeness (QED) is 0.833. The molecule has 1 saturated heterocycles. The third kappa shape index (κ3) is 2.76.